The van der Waals surface area contributed by atoms with Crippen LogP contribution in [0.15, 0.2) is 35.3 Å². The number of thiol groups is 1. The first-order valence-corrected chi connectivity index (χ1v) is 10.8. The van der Waals surface area contributed by atoms with Crippen LogP contribution in [0.1, 0.15) is 18.4 Å². The van der Waals surface area contributed by atoms with E-state index in [2.05, 4.69) is 33.6 Å². The van der Waals surface area contributed by atoms with Crippen molar-refractivity contribution in [1.82, 2.24) is 16.0 Å². The van der Waals surface area contributed by atoms with Gasteiger partial charge in [0.2, 0.25) is 17.7 Å². The summed E-state index contributed by atoms with van der Waals surface area (Å²) in [7, 11) is 0. The van der Waals surface area contributed by atoms with Crippen LogP contribution in [-0.2, 0) is 25.6 Å². The monoisotopic (exact) mass is 481 g/mol. The van der Waals surface area contributed by atoms with Gasteiger partial charge in [-0.15, -0.1) is 0 Å². The molecule has 1 aromatic carbocycles. The minimum Gasteiger partial charge on any atom is -0.480 e. The average Bonchev–Trinajstić information content (AvgIpc) is 2.78. The van der Waals surface area contributed by atoms with E-state index >= 15 is 0 Å². The first kappa shape index (κ1) is 27.7. The number of carboxylic acids is 1. The van der Waals surface area contributed by atoms with Gasteiger partial charge in [0.15, 0.2) is 5.96 Å². The molecule has 33 heavy (non-hydrogen) atoms. The first-order chi connectivity index (χ1) is 15.6. The van der Waals surface area contributed by atoms with Crippen LogP contribution in [0.4, 0.5) is 0 Å². The van der Waals surface area contributed by atoms with Crippen LogP contribution in [0.2, 0.25) is 0 Å². The molecule has 3 atom stereocenters. The predicted octanol–water partition coefficient (Wildman–Crippen LogP) is -2.29. The quantitative estimate of drug-likeness (QED) is 0.0624. The molecule has 3 unspecified atom stereocenters. The normalized spacial score (nSPS) is 13.2. The van der Waals surface area contributed by atoms with Gasteiger partial charge in [-0.05, 0) is 18.4 Å². The second kappa shape index (κ2) is 14.7. The van der Waals surface area contributed by atoms with Gasteiger partial charge in [0.1, 0.15) is 12.1 Å². The van der Waals surface area contributed by atoms with Gasteiger partial charge in [0, 0.05) is 18.7 Å². The highest BCUT2D eigenvalue weighted by Gasteiger charge is 2.25. The van der Waals surface area contributed by atoms with Gasteiger partial charge in [0.05, 0.1) is 12.6 Å². The minimum absolute atomic E-state index is 0.0779. The zero-order valence-corrected chi connectivity index (χ0v) is 19.0. The Hall–Kier alpha value is -3.32. The highest BCUT2D eigenvalue weighted by Crippen LogP contribution is 2.04. The maximum absolute atomic E-state index is 12.6. The summed E-state index contributed by atoms with van der Waals surface area (Å²) in [5, 5.41) is 16.7. The van der Waals surface area contributed by atoms with E-state index < -0.39 is 48.4 Å². The maximum Gasteiger partial charge on any atom is 0.326 e. The molecule has 1 aromatic rings. The Morgan fingerprint density at radius 3 is 2.27 bits per heavy atom. The lowest BCUT2D eigenvalue weighted by molar-refractivity contribution is -0.141. The number of nitrogens with one attached hydrogen (secondary N) is 3. The Morgan fingerprint density at radius 1 is 1.03 bits per heavy atom. The van der Waals surface area contributed by atoms with Crippen LogP contribution in [0.3, 0.4) is 0 Å². The molecule has 0 heterocycles. The van der Waals surface area contributed by atoms with Gasteiger partial charge in [-0.2, -0.15) is 12.6 Å². The summed E-state index contributed by atoms with van der Waals surface area (Å²) in [5.74, 6) is -3.13. The first-order valence-electron chi connectivity index (χ1n) is 10.2. The van der Waals surface area contributed by atoms with Crippen molar-refractivity contribution in [2.45, 2.75) is 37.4 Å². The molecule has 13 heteroatoms. The highest BCUT2D eigenvalue weighted by atomic mass is 32.1. The molecule has 1 rings (SSSR count). The number of hydrogen-bond donors (Lipinski definition) is 8. The fraction of sp³-hybridized carbons (Fsp3) is 0.450. The van der Waals surface area contributed by atoms with Crippen molar-refractivity contribution in [2.75, 3.05) is 18.8 Å². The molecule has 0 saturated carbocycles. The number of nitrogens with two attached hydrogens (primary N) is 3. The number of hydrogen-bond acceptors (Lipinski definition) is 7. The lowest BCUT2D eigenvalue weighted by Crippen LogP contribution is -2.54. The largest absolute Gasteiger partial charge is 0.480 e. The summed E-state index contributed by atoms with van der Waals surface area (Å²) in [6.45, 7) is -0.239. The third-order valence-electron chi connectivity index (χ3n) is 4.45. The molecule has 10 N–H and O–H groups in total. The van der Waals surface area contributed by atoms with E-state index in [9.17, 15) is 24.3 Å². The van der Waals surface area contributed by atoms with Gasteiger partial charge < -0.3 is 38.3 Å². The average molecular weight is 482 g/mol. The summed E-state index contributed by atoms with van der Waals surface area (Å²) in [5.41, 5.74) is 16.9. The van der Waals surface area contributed by atoms with Crippen molar-refractivity contribution < 1.29 is 24.3 Å². The summed E-state index contributed by atoms with van der Waals surface area (Å²) < 4.78 is 0. The van der Waals surface area contributed by atoms with Crippen LogP contribution in [0.5, 0.6) is 0 Å². The SMILES string of the molecule is NC(N)=NCCCC(NC(=O)C(N)CS)C(=O)NCC(=O)NC(Cc1ccccc1)C(=O)O. The molecule has 0 aliphatic heterocycles. The number of aliphatic imine (C=N–C) groups is 1. The van der Waals surface area contributed by atoms with Crippen molar-refractivity contribution >= 4 is 42.3 Å². The number of benzene rings is 1. The van der Waals surface area contributed by atoms with Gasteiger partial charge in [-0.25, -0.2) is 4.79 Å². The molecule has 3 amide bonds. The molecule has 0 radical (unpaired) electrons. The van der Waals surface area contributed by atoms with Crippen LogP contribution in [0.25, 0.3) is 0 Å². The summed E-state index contributed by atoms with van der Waals surface area (Å²) in [6, 6.07) is 5.73. The number of rotatable bonds is 14. The van der Waals surface area contributed by atoms with Gasteiger partial charge in [-0.1, -0.05) is 30.3 Å². The molecule has 0 bridgehead atoms. The Bertz CT molecular complexity index is 833. The standard InChI is InChI=1S/C20H31N7O5S/c21-13(11-33)17(29)27-14(7-4-8-24-20(22)23)18(30)25-10-16(28)26-15(19(31)32)9-12-5-2-1-3-6-12/h1-3,5-6,13-15,33H,4,7-11,21H2,(H,25,30)(H,26,28)(H,27,29)(H,31,32)(H4,22,23,24). The molecule has 0 aliphatic carbocycles. The molecule has 0 spiro atoms. The van der Waals surface area contributed by atoms with Crippen LogP contribution in [0, 0.1) is 0 Å². The Morgan fingerprint density at radius 2 is 1.70 bits per heavy atom. The second-order valence-electron chi connectivity index (χ2n) is 7.16. The number of carbonyl (C=O) groups excluding carboxylic acids is 3. The number of amides is 3. The van der Waals surface area contributed by atoms with Crippen molar-refractivity contribution in [3.8, 4) is 0 Å². The van der Waals surface area contributed by atoms with E-state index in [4.69, 9.17) is 17.2 Å². The van der Waals surface area contributed by atoms with E-state index in [0.717, 1.165) is 5.56 Å². The van der Waals surface area contributed by atoms with Gasteiger partial charge >= 0.3 is 5.97 Å². The minimum atomic E-state index is -1.20. The zero-order chi connectivity index (χ0) is 24.8. The maximum atomic E-state index is 12.6. The molecule has 0 aliphatic rings. The van der Waals surface area contributed by atoms with Crippen LogP contribution < -0.4 is 33.2 Å². The Labute approximate surface area is 197 Å². The Kier molecular flexibility index (Phi) is 12.3. The molecule has 0 fully saturated rings. The number of nitrogens with zero attached hydrogens (tertiary/aromatic N) is 1. The topological polar surface area (TPSA) is 215 Å². The van der Waals surface area contributed by atoms with Crippen molar-refractivity contribution in [3.05, 3.63) is 35.9 Å². The fourth-order valence-corrected chi connectivity index (χ4v) is 2.89. The van der Waals surface area contributed by atoms with Gasteiger partial charge in [-0.3, -0.25) is 19.4 Å². The third-order valence-corrected chi connectivity index (χ3v) is 4.84. The fourth-order valence-electron chi connectivity index (χ4n) is 2.72. The number of carbonyl (C=O) groups is 4. The molecule has 182 valence electrons. The van der Waals surface area contributed by atoms with E-state index in [1.807, 2.05) is 0 Å². The molecule has 0 saturated heterocycles. The van der Waals surface area contributed by atoms with Crippen molar-refractivity contribution in [1.29, 1.82) is 0 Å². The molecular weight excluding hydrogens is 450 g/mol. The van der Waals surface area contributed by atoms with E-state index in [0.29, 0.717) is 6.42 Å². The highest BCUT2D eigenvalue weighted by molar-refractivity contribution is 7.80. The van der Waals surface area contributed by atoms with E-state index in [1.54, 1.807) is 30.3 Å². The summed E-state index contributed by atoms with van der Waals surface area (Å²) in [6.07, 6.45) is 0.638. The van der Waals surface area contributed by atoms with E-state index in [-0.39, 0.29) is 31.1 Å². The summed E-state index contributed by atoms with van der Waals surface area (Å²) in [4.78, 5) is 52.2. The summed E-state index contributed by atoms with van der Waals surface area (Å²) >= 11 is 3.96. The number of carboxylic acid groups (broad SMARTS) is 1. The van der Waals surface area contributed by atoms with E-state index in [1.165, 1.54) is 0 Å². The number of aliphatic carboxylic acids is 1. The Balaban J connectivity index is 2.67. The van der Waals surface area contributed by atoms with Crippen LogP contribution >= 0.6 is 12.6 Å². The van der Waals surface area contributed by atoms with Crippen LogP contribution in [-0.4, -0.2) is 71.7 Å². The predicted molar refractivity (Wildman–Crippen MR) is 126 cm³/mol. The zero-order valence-electron chi connectivity index (χ0n) is 18.1. The lowest BCUT2D eigenvalue weighted by Gasteiger charge is -2.20. The van der Waals surface area contributed by atoms with Gasteiger partial charge in [0.25, 0.3) is 0 Å². The third kappa shape index (κ3) is 11.2. The second-order valence-corrected chi connectivity index (χ2v) is 7.53. The van der Waals surface area contributed by atoms with Crippen molar-refractivity contribution in [2.24, 2.45) is 22.2 Å². The van der Waals surface area contributed by atoms with Crippen molar-refractivity contribution in [3.63, 3.8) is 0 Å². The molecule has 12 nitrogen and oxygen atoms in total. The molecular formula is C20H31N7O5S. The smallest absolute Gasteiger partial charge is 0.326 e. The molecule has 0 aromatic heterocycles. The lowest BCUT2D eigenvalue weighted by atomic mass is 10.1. The number of guanidine groups is 1.